The maximum absolute atomic E-state index is 13.7. The molecule has 0 aliphatic carbocycles. The number of aryl methyl sites for hydroxylation is 1. The number of ether oxygens (including phenoxy) is 3. The second kappa shape index (κ2) is 11.1. The number of hydrogen-bond acceptors (Lipinski definition) is 5. The average molecular weight is 459 g/mol. The molecule has 2 aliphatic heterocycles. The first-order chi connectivity index (χ1) is 15.5. The lowest BCUT2D eigenvalue weighted by Gasteiger charge is -2.24. The fourth-order valence-electron chi connectivity index (χ4n) is 4.12. The van der Waals surface area contributed by atoms with E-state index in [1.165, 1.54) is 5.56 Å². The second-order valence-electron chi connectivity index (χ2n) is 8.50. The predicted octanol–water partition coefficient (Wildman–Crippen LogP) is 4.40. The first kappa shape index (κ1) is 23.0. The lowest BCUT2D eigenvalue weighted by molar-refractivity contribution is -0.111. The van der Waals surface area contributed by atoms with Crippen molar-refractivity contribution in [2.45, 2.75) is 38.0 Å². The fourth-order valence-corrected chi connectivity index (χ4v) is 5.51. The number of nitrogens with zero attached hydrogens (tertiary/aromatic N) is 1. The number of likely N-dealkylation sites (tertiary alicyclic amines) is 1. The first-order valence-electron chi connectivity index (χ1n) is 11.3. The van der Waals surface area contributed by atoms with Gasteiger partial charge in [0.05, 0.1) is 6.61 Å². The minimum Gasteiger partial charge on any atom is -0.493 e. The van der Waals surface area contributed by atoms with Crippen LogP contribution in [-0.4, -0.2) is 61.7 Å². The third-order valence-corrected chi connectivity index (χ3v) is 7.13. The van der Waals surface area contributed by atoms with E-state index in [0.29, 0.717) is 39.2 Å². The van der Waals surface area contributed by atoms with E-state index in [-0.39, 0.29) is 19.8 Å². The van der Waals surface area contributed by atoms with Gasteiger partial charge in [-0.05, 0) is 63.8 Å². The second-order valence-corrected chi connectivity index (χ2v) is 10.2. The fraction of sp³-hybridized carbons (Fsp3) is 0.480. The number of alkyl halides is 1. The monoisotopic (exact) mass is 459 g/mol. The molecule has 0 amide bonds. The van der Waals surface area contributed by atoms with Gasteiger partial charge in [0.25, 0.3) is 0 Å². The summed E-state index contributed by atoms with van der Waals surface area (Å²) in [7, 11) is 0.161. The Bertz CT molecular complexity index is 907. The van der Waals surface area contributed by atoms with E-state index in [2.05, 4.69) is 4.90 Å². The lowest BCUT2D eigenvalue weighted by Crippen LogP contribution is -2.30. The first-order valence-corrected chi connectivity index (χ1v) is 12.4. The maximum Gasteiger partial charge on any atom is 0.161 e. The summed E-state index contributed by atoms with van der Waals surface area (Å²) in [6.07, 6.45) is 0.966. The van der Waals surface area contributed by atoms with E-state index in [9.17, 15) is 9.18 Å². The predicted molar refractivity (Wildman–Crippen MR) is 125 cm³/mol. The third kappa shape index (κ3) is 6.66. The number of rotatable bonds is 10. The Hall–Kier alpha value is -2.17. The SMILES string of the molecule is Cc1ccc(OCCC(=O)PC(Cc2ccc3c(c2)OCCO3)CN2CCC(F)C2)cc1. The van der Waals surface area contributed by atoms with Gasteiger partial charge in [0.15, 0.2) is 17.0 Å². The van der Waals surface area contributed by atoms with Gasteiger partial charge in [-0.3, -0.25) is 9.69 Å². The molecule has 5 nitrogen and oxygen atoms in total. The van der Waals surface area contributed by atoms with E-state index < -0.39 is 6.17 Å². The van der Waals surface area contributed by atoms with Crippen LogP contribution in [0.3, 0.4) is 0 Å². The van der Waals surface area contributed by atoms with Crippen LogP contribution in [0, 0.1) is 6.92 Å². The van der Waals surface area contributed by atoms with Crippen LogP contribution in [0.25, 0.3) is 0 Å². The van der Waals surface area contributed by atoms with Crippen molar-refractivity contribution in [1.82, 2.24) is 4.90 Å². The molecule has 0 saturated carbocycles. The number of hydrogen-bond donors (Lipinski definition) is 0. The van der Waals surface area contributed by atoms with Crippen molar-refractivity contribution < 1.29 is 23.4 Å². The van der Waals surface area contributed by atoms with Crippen LogP contribution in [0.1, 0.15) is 24.0 Å². The molecule has 2 heterocycles. The van der Waals surface area contributed by atoms with Crippen molar-refractivity contribution >= 4 is 14.1 Å². The van der Waals surface area contributed by atoms with Gasteiger partial charge in [0, 0.05) is 26.1 Å². The zero-order valence-electron chi connectivity index (χ0n) is 18.5. The molecule has 2 aliphatic rings. The highest BCUT2D eigenvalue weighted by Gasteiger charge is 2.26. The van der Waals surface area contributed by atoms with Crippen molar-refractivity contribution in [3.8, 4) is 17.2 Å². The Kier molecular flexibility index (Phi) is 7.99. The maximum atomic E-state index is 13.7. The highest BCUT2D eigenvalue weighted by atomic mass is 31.1. The number of fused-ring (bicyclic) bond motifs is 1. The minimum atomic E-state index is -0.758. The van der Waals surface area contributed by atoms with Gasteiger partial charge >= 0.3 is 0 Å². The zero-order valence-corrected chi connectivity index (χ0v) is 19.5. The summed E-state index contributed by atoms with van der Waals surface area (Å²) in [6, 6.07) is 13.8. The molecule has 3 unspecified atom stereocenters. The van der Waals surface area contributed by atoms with Crippen LogP contribution < -0.4 is 14.2 Å². The van der Waals surface area contributed by atoms with Gasteiger partial charge in [0.2, 0.25) is 0 Å². The van der Waals surface area contributed by atoms with Gasteiger partial charge in [-0.15, -0.1) is 0 Å². The van der Waals surface area contributed by atoms with Gasteiger partial charge in [0.1, 0.15) is 25.1 Å². The molecule has 172 valence electrons. The zero-order chi connectivity index (χ0) is 22.3. The van der Waals surface area contributed by atoms with Gasteiger partial charge in [-0.1, -0.05) is 23.8 Å². The molecule has 3 atom stereocenters. The average Bonchev–Trinajstić information content (AvgIpc) is 3.19. The summed E-state index contributed by atoms with van der Waals surface area (Å²) in [4.78, 5) is 14.9. The standard InChI is InChI=1S/C25H31FNO4P/c1-18-2-5-21(6-3-18)29-11-9-25(28)32-22(17-27-10-8-20(26)16-27)14-19-4-7-23-24(15-19)31-13-12-30-23/h2-7,15,20,22,32H,8-14,16-17H2,1H3. The van der Waals surface area contributed by atoms with Crippen molar-refractivity contribution in [2.24, 2.45) is 0 Å². The van der Waals surface area contributed by atoms with E-state index >= 15 is 0 Å². The molecule has 0 aromatic heterocycles. The Balaban J connectivity index is 1.34. The minimum absolute atomic E-state index is 0.148. The lowest BCUT2D eigenvalue weighted by atomic mass is 10.1. The summed E-state index contributed by atoms with van der Waals surface area (Å²) in [6.45, 7) is 5.48. The quantitative estimate of drug-likeness (QED) is 0.493. The smallest absolute Gasteiger partial charge is 0.161 e. The number of halogens is 1. The largest absolute Gasteiger partial charge is 0.493 e. The van der Waals surface area contributed by atoms with Crippen LogP contribution in [0.2, 0.25) is 0 Å². The molecule has 0 N–H and O–H groups in total. The van der Waals surface area contributed by atoms with E-state index in [0.717, 1.165) is 42.3 Å². The molecule has 1 saturated heterocycles. The van der Waals surface area contributed by atoms with Gasteiger partial charge in [-0.2, -0.15) is 0 Å². The molecule has 4 rings (SSSR count). The van der Waals surface area contributed by atoms with Crippen molar-refractivity contribution in [1.29, 1.82) is 0 Å². The highest BCUT2D eigenvalue weighted by Crippen LogP contribution is 2.34. The van der Waals surface area contributed by atoms with E-state index in [1.807, 2.05) is 49.4 Å². The van der Waals surface area contributed by atoms with Crippen LogP contribution in [-0.2, 0) is 11.2 Å². The summed E-state index contributed by atoms with van der Waals surface area (Å²) < 4.78 is 30.8. The van der Waals surface area contributed by atoms with Crippen molar-refractivity contribution in [3.63, 3.8) is 0 Å². The van der Waals surface area contributed by atoms with Gasteiger partial charge < -0.3 is 14.2 Å². The third-order valence-electron chi connectivity index (χ3n) is 5.77. The Morgan fingerprint density at radius 1 is 1.19 bits per heavy atom. The Morgan fingerprint density at radius 2 is 1.97 bits per heavy atom. The van der Waals surface area contributed by atoms with Crippen LogP contribution in [0.4, 0.5) is 4.39 Å². The summed E-state index contributed by atoms with van der Waals surface area (Å²) in [5.41, 5.74) is 2.64. The number of carbonyl (C=O) groups is 1. The molecule has 32 heavy (non-hydrogen) atoms. The Labute approximate surface area is 191 Å². The highest BCUT2D eigenvalue weighted by molar-refractivity contribution is 7.58. The van der Waals surface area contributed by atoms with Crippen LogP contribution in [0.15, 0.2) is 42.5 Å². The molecular formula is C25H31FNO4P. The molecule has 1 fully saturated rings. The number of benzene rings is 2. The summed E-state index contributed by atoms with van der Waals surface area (Å²) in [5, 5.41) is 0. The molecule has 0 bridgehead atoms. The summed E-state index contributed by atoms with van der Waals surface area (Å²) >= 11 is 0. The van der Waals surface area contributed by atoms with E-state index in [4.69, 9.17) is 14.2 Å². The molecular weight excluding hydrogens is 428 g/mol. The molecule has 2 aromatic rings. The van der Waals surface area contributed by atoms with Crippen molar-refractivity contribution in [3.05, 3.63) is 53.6 Å². The van der Waals surface area contributed by atoms with Crippen LogP contribution >= 0.6 is 8.58 Å². The van der Waals surface area contributed by atoms with E-state index in [1.54, 1.807) is 0 Å². The molecule has 2 aromatic carbocycles. The molecule has 0 radical (unpaired) electrons. The molecule has 0 spiro atoms. The molecule has 7 heteroatoms. The number of carbonyl (C=O) groups excluding carboxylic acids is 1. The topological polar surface area (TPSA) is 48.0 Å². The van der Waals surface area contributed by atoms with Crippen molar-refractivity contribution in [2.75, 3.05) is 39.5 Å². The normalized spacial score (nSPS) is 19.4. The van der Waals surface area contributed by atoms with Gasteiger partial charge in [-0.25, -0.2) is 4.39 Å². The Morgan fingerprint density at radius 3 is 2.72 bits per heavy atom. The van der Waals surface area contributed by atoms with Crippen LogP contribution in [0.5, 0.6) is 17.2 Å². The summed E-state index contributed by atoms with van der Waals surface area (Å²) in [5.74, 6) is 2.31.